The van der Waals surface area contributed by atoms with E-state index in [4.69, 9.17) is 0 Å². The largest absolute Gasteiger partial charge is 0.301 e. The van der Waals surface area contributed by atoms with Gasteiger partial charge in [-0.05, 0) is 19.2 Å². The van der Waals surface area contributed by atoms with E-state index >= 15 is 0 Å². The minimum Gasteiger partial charge on any atom is -0.301 e. The Morgan fingerprint density at radius 1 is 1.29 bits per heavy atom. The molecule has 0 bridgehead atoms. The first-order valence-corrected chi connectivity index (χ1v) is 8.58. The number of carbonyl (C=O) groups is 1. The zero-order chi connectivity index (χ0) is 16.5. The van der Waals surface area contributed by atoms with Crippen molar-refractivity contribution in [3.63, 3.8) is 0 Å². The molecule has 0 saturated carbocycles. The summed E-state index contributed by atoms with van der Waals surface area (Å²) in [6, 6.07) is 9.69. The van der Waals surface area contributed by atoms with Crippen LogP contribution in [0.15, 0.2) is 42.9 Å². The third kappa shape index (κ3) is 2.83. The number of nitrogens with zero attached hydrogens (tertiary/aromatic N) is 4. The fourth-order valence-corrected chi connectivity index (χ4v) is 3.88. The van der Waals surface area contributed by atoms with Crippen LogP contribution >= 0.6 is 11.3 Å². The normalized spacial score (nSPS) is 14.4. The molecule has 0 saturated heterocycles. The van der Waals surface area contributed by atoms with Crippen LogP contribution in [0.5, 0.6) is 0 Å². The van der Waals surface area contributed by atoms with Gasteiger partial charge < -0.3 is 4.90 Å². The summed E-state index contributed by atoms with van der Waals surface area (Å²) in [6.45, 7) is 1.90. The van der Waals surface area contributed by atoms with Crippen molar-refractivity contribution in [3.8, 4) is 5.69 Å². The highest BCUT2D eigenvalue weighted by atomic mass is 32.1. The van der Waals surface area contributed by atoms with E-state index in [0.717, 1.165) is 30.9 Å². The van der Waals surface area contributed by atoms with Gasteiger partial charge in [0.25, 0.3) is 5.91 Å². The second kappa shape index (κ2) is 6.18. The van der Waals surface area contributed by atoms with Gasteiger partial charge in [-0.2, -0.15) is 0 Å². The second-order valence-electron chi connectivity index (χ2n) is 5.82. The number of carbonyl (C=O) groups excluding carboxylic acids is 1. The number of nitrogens with one attached hydrogen (secondary N) is 1. The number of fused-ring (bicyclic) bond motifs is 1. The van der Waals surface area contributed by atoms with Gasteiger partial charge in [0.05, 0.1) is 18.2 Å². The van der Waals surface area contributed by atoms with Crippen molar-refractivity contribution < 1.29 is 4.79 Å². The monoisotopic (exact) mass is 339 g/mol. The summed E-state index contributed by atoms with van der Waals surface area (Å²) in [7, 11) is 2.10. The number of para-hydroxylation sites is 1. The van der Waals surface area contributed by atoms with Gasteiger partial charge in [0.1, 0.15) is 5.69 Å². The molecule has 1 aromatic carbocycles. The molecule has 6 nitrogen and oxygen atoms in total. The van der Waals surface area contributed by atoms with Crippen LogP contribution < -0.4 is 5.32 Å². The number of amides is 1. The van der Waals surface area contributed by atoms with E-state index in [1.165, 1.54) is 4.88 Å². The van der Waals surface area contributed by atoms with Crippen LogP contribution in [0.1, 0.15) is 21.1 Å². The Balaban J connectivity index is 1.57. The lowest BCUT2D eigenvalue weighted by Crippen LogP contribution is -2.25. The van der Waals surface area contributed by atoms with E-state index in [-0.39, 0.29) is 5.91 Å². The fourth-order valence-electron chi connectivity index (χ4n) is 2.80. The molecule has 0 spiro atoms. The zero-order valence-corrected chi connectivity index (χ0v) is 14.1. The number of aromatic nitrogens is 3. The lowest BCUT2D eigenvalue weighted by atomic mass is 10.2. The second-order valence-corrected chi connectivity index (χ2v) is 6.90. The number of benzene rings is 1. The topological polar surface area (TPSA) is 63.1 Å². The molecule has 3 heterocycles. The molecule has 24 heavy (non-hydrogen) atoms. The van der Waals surface area contributed by atoms with Crippen molar-refractivity contribution in [2.45, 2.75) is 13.0 Å². The molecule has 1 amide bonds. The van der Waals surface area contributed by atoms with Gasteiger partial charge in [-0.25, -0.2) is 9.97 Å². The summed E-state index contributed by atoms with van der Waals surface area (Å²) in [4.78, 5) is 24.8. The van der Waals surface area contributed by atoms with Gasteiger partial charge in [-0.15, -0.1) is 11.3 Å². The van der Waals surface area contributed by atoms with E-state index in [9.17, 15) is 4.79 Å². The number of likely N-dealkylation sites (N-methyl/N-ethyl adjacent to an activating group) is 1. The lowest BCUT2D eigenvalue weighted by molar-refractivity contribution is 0.102. The molecule has 1 aliphatic heterocycles. The maximum atomic E-state index is 12.6. The zero-order valence-electron chi connectivity index (χ0n) is 13.3. The molecule has 1 aliphatic rings. The molecule has 0 atom stereocenters. The first kappa shape index (κ1) is 15.0. The Kier molecular flexibility index (Phi) is 3.87. The van der Waals surface area contributed by atoms with Crippen molar-refractivity contribution in [2.75, 3.05) is 18.9 Å². The first-order valence-electron chi connectivity index (χ1n) is 7.77. The van der Waals surface area contributed by atoms with Crippen LogP contribution in [0.3, 0.4) is 0 Å². The first-order chi connectivity index (χ1) is 11.7. The predicted octanol–water partition coefficient (Wildman–Crippen LogP) is 2.57. The summed E-state index contributed by atoms with van der Waals surface area (Å²) in [5.41, 5.74) is 2.50. The average Bonchev–Trinajstić information content (AvgIpc) is 3.21. The molecule has 3 aromatic rings. The molecule has 0 unspecified atom stereocenters. The summed E-state index contributed by atoms with van der Waals surface area (Å²) >= 11 is 1.55. The lowest BCUT2D eigenvalue weighted by Gasteiger charge is -2.20. The van der Waals surface area contributed by atoms with Crippen LogP contribution in [-0.4, -0.2) is 38.9 Å². The number of rotatable bonds is 3. The van der Waals surface area contributed by atoms with E-state index in [1.54, 1.807) is 28.4 Å². The van der Waals surface area contributed by atoms with Crippen molar-refractivity contribution in [1.29, 1.82) is 0 Å². The third-order valence-electron chi connectivity index (χ3n) is 4.05. The molecule has 4 rings (SSSR count). The molecule has 0 aliphatic carbocycles. The van der Waals surface area contributed by atoms with Gasteiger partial charge in [0, 0.05) is 30.1 Å². The molecule has 1 N–H and O–H groups in total. The predicted molar refractivity (Wildman–Crippen MR) is 93.7 cm³/mol. The summed E-state index contributed by atoms with van der Waals surface area (Å²) in [6.07, 6.45) is 4.15. The molecular formula is C17H17N5OS. The number of hydrogen-bond acceptors (Lipinski definition) is 5. The molecule has 0 radical (unpaired) electrons. The standard InChI is InChI=1S/C17H17N5OS/c1-21-8-7-13-15(10-21)24-17(19-13)20-16(23)14-9-18-11-22(14)12-5-3-2-4-6-12/h2-6,9,11H,7-8,10H2,1H3,(H,19,20,23). The van der Waals surface area contributed by atoms with E-state index in [1.807, 2.05) is 30.3 Å². The molecule has 122 valence electrons. The Bertz CT molecular complexity index is 870. The highest BCUT2D eigenvalue weighted by molar-refractivity contribution is 7.15. The Labute approximate surface area is 143 Å². The van der Waals surface area contributed by atoms with Gasteiger partial charge in [0.15, 0.2) is 5.13 Å². The molecular weight excluding hydrogens is 322 g/mol. The quantitative estimate of drug-likeness (QED) is 0.797. The van der Waals surface area contributed by atoms with Crippen LogP contribution in [0.25, 0.3) is 5.69 Å². The van der Waals surface area contributed by atoms with Crippen molar-refractivity contribution in [2.24, 2.45) is 0 Å². The minimum absolute atomic E-state index is 0.198. The maximum Gasteiger partial charge on any atom is 0.276 e. The summed E-state index contributed by atoms with van der Waals surface area (Å²) < 4.78 is 1.77. The smallest absolute Gasteiger partial charge is 0.276 e. The van der Waals surface area contributed by atoms with Crippen LogP contribution in [-0.2, 0) is 13.0 Å². The number of hydrogen-bond donors (Lipinski definition) is 1. The number of thiazole rings is 1. The highest BCUT2D eigenvalue weighted by Crippen LogP contribution is 2.28. The highest BCUT2D eigenvalue weighted by Gasteiger charge is 2.20. The van der Waals surface area contributed by atoms with Crippen molar-refractivity contribution >= 4 is 22.4 Å². The van der Waals surface area contributed by atoms with E-state index in [0.29, 0.717) is 10.8 Å². The fraction of sp³-hybridized carbons (Fsp3) is 0.235. The number of anilines is 1. The van der Waals surface area contributed by atoms with Gasteiger partial charge in [0.2, 0.25) is 0 Å². The van der Waals surface area contributed by atoms with Gasteiger partial charge in [-0.1, -0.05) is 18.2 Å². The molecule has 2 aromatic heterocycles. The Hall–Kier alpha value is -2.51. The molecule has 0 fully saturated rings. The number of imidazole rings is 1. The SMILES string of the molecule is CN1CCc2nc(NC(=O)c3cncn3-c3ccccc3)sc2C1. The minimum atomic E-state index is -0.198. The third-order valence-corrected chi connectivity index (χ3v) is 5.05. The van der Waals surface area contributed by atoms with Crippen LogP contribution in [0.2, 0.25) is 0 Å². The Morgan fingerprint density at radius 3 is 2.96 bits per heavy atom. The van der Waals surface area contributed by atoms with Crippen molar-refractivity contribution in [3.05, 3.63) is 59.1 Å². The average molecular weight is 339 g/mol. The van der Waals surface area contributed by atoms with Crippen LogP contribution in [0.4, 0.5) is 5.13 Å². The molecule has 7 heteroatoms. The Morgan fingerprint density at radius 2 is 2.12 bits per heavy atom. The van der Waals surface area contributed by atoms with Gasteiger partial charge in [-0.3, -0.25) is 14.7 Å². The van der Waals surface area contributed by atoms with Crippen molar-refractivity contribution in [1.82, 2.24) is 19.4 Å². The van der Waals surface area contributed by atoms with Gasteiger partial charge >= 0.3 is 0 Å². The van der Waals surface area contributed by atoms with E-state index < -0.39 is 0 Å². The van der Waals surface area contributed by atoms with E-state index in [2.05, 4.69) is 27.2 Å². The maximum absolute atomic E-state index is 12.6. The summed E-state index contributed by atoms with van der Waals surface area (Å²) in [5, 5.41) is 3.57. The summed E-state index contributed by atoms with van der Waals surface area (Å²) in [5.74, 6) is -0.198. The van der Waals surface area contributed by atoms with Crippen LogP contribution in [0, 0.1) is 0 Å².